The first-order chi connectivity index (χ1) is 9.19. The molecule has 0 aliphatic carbocycles. The standard InChI is InChI=1S/C10H16N2O6P2/c13-19(14,15)10(20(16,17)18)12-9-8-4-2-1-3-7(8)5-6-11-9/h1-4,9-12H,5-6H2,(H2,13,14,15)(H2,16,17,18). The molecule has 1 aliphatic heterocycles. The van der Waals surface area contributed by atoms with E-state index in [9.17, 15) is 9.13 Å². The summed E-state index contributed by atoms with van der Waals surface area (Å²) in [6, 6.07) is 7.21. The zero-order valence-electron chi connectivity index (χ0n) is 10.4. The first kappa shape index (κ1) is 15.8. The van der Waals surface area contributed by atoms with Crippen LogP contribution >= 0.6 is 15.2 Å². The van der Waals surface area contributed by atoms with Gasteiger partial charge in [-0.15, -0.1) is 0 Å². The van der Waals surface area contributed by atoms with Crippen molar-refractivity contribution in [3.63, 3.8) is 0 Å². The molecule has 112 valence electrons. The lowest BCUT2D eigenvalue weighted by Crippen LogP contribution is -2.43. The van der Waals surface area contributed by atoms with Crippen LogP contribution in [0.15, 0.2) is 24.3 Å². The second kappa shape index (κ2) is 5.67. The van der Waals surface area contributed by atoms with Gasteiger partial charge in [-0.1, -0.05) is 24.3 Å². The Kier molecular flexibility index (Phi) is 4.49. The van der Waals surface area contributed by atoms with Gasteiger partial charge in [0, 0.05) is 6.54 Å². The zero-order chi connectivity index (χ0) is 15.0. The Morgan fingerprint density at radius 1 is 1.15 bits per heavy atom. The molecule has 0 spiro atoms. The molecule has 0 saturated heterocycles. The molecular formula is C10H16N2O6P2. The number of fused-ring (bicyclic) bond motifs is 1. The molecule has 0 saturated carbocycles. The van der Waals surface area contributed by atoms with Crippen molar-refractivity contribution in [2.45, 2.75) is 18.1 Å². The first-order valence-electron chi connectivity index (χ1n) is 5.87. The molecule has 1 aliphatic rings. The van der Waals surface area contributed by atoms with Crippen LogP contribution in [0.3, 0.4) is 0 Å². The van der Waals surface area contributed by atoms with Gasteiger partial charge in [-0.05, 0) is 17.5 Å². The van der Waals surface area contributed by atoms with E-state index >= 15 is 0 Å². The van der Waals surface area contributed by atoms with Gasteiger partial charge in [-0.3, -0.25) is 19.8 Å². The molecule has 0 fully saturated rings. The molecule has 1 heterocycles. The fraction of sp³-hybridized carbons (Fsp3) is 0.400. The highest BCUT2D eigenvalue weighted by molar-refractivity contribution is 7.70. The first-order valence-corrected chi connectivity index (χ1v) is 9.23. The normalized spacial score (nSPS) is 19.9. The summed E-state index contributed by atoms with van der Waals surface area (Å²) in [6.45, 7) is 0.545. The van der Waals surface area contributed by atoms with Crippen molar-refractivity contribution in [3.8, 4) is 0 Å². The Bertz CT molecular complexity index is 561. The summed E-state index contributed by atoms with van der Waals surface area (Å²) in [5.41, 5.74) is -0.525. The highest BCUT2D eigenvalue weighted by Gasteiger charge is 2.45. The summed E-state index contributed by atoms with van der Waals surface area (Å²) in [5.74, 6) is 0. The van der Waals surface area contributed by atoms with Crippen molar-refractivity contribution >= 4 is 15.2 Å². The minimum Gasteiger partial charge on any atom is -0.323 e. The second-order valence-corrected chi connectivity index (χ2v) is 8.35. The van der Waals surface area contributed by atoms with Gasteiger partial charge in [-0.25, -0.2) is 0 Å². The Labute approximate surface area is 115 Å². The van der Waals surface area contributed by atoms with Crippen molar-refractivity contribution in [3.05, 3.63) is 35.4 Å². The maximum atomic E-state index is 11.3. The Morgan fingerprint density at radius 3 is 2.35 bits per heavy atom. The van der Waals surface area contributed by atoms with Gasteiger partial charge in [0.1, 0.15) is 0 Å². The highest BCUT2D eigenvalue weighted by Crippen LogP contribution is 2.58. The SMILES string of the molecule is O=P(O)(O)C(NC1NCCc2ccccc21)P(=O)(O)O. The monoisotopic (exact) mass is 322 g/mol. The lowest BCUT2D eigenvalue weighted by molar-refractivity contribution is 0.309. The van der Waals surface area contributed by atoms with E-state index in [0.29, 0.717) is 6.54 Å². The Hall–Kier alpha value is -0.560. The summed E-state index contributed by atoms with van der Waals surface area (Å²) in [7, 11) is -9.98. The predicted octanol–water partition coefficient (Wildman–Crippen LogP) is 0.0595. The molecule has 2 rings (SSSR count). The fourth-order valence-electron chi connectivity index (χ4n) is 2.19. The number of rotatable bonds is 4. The van der Waals surface area contributed by atoms with E-state index in [1.54, 1.807) is 12.1 Å². The Morgan fingerprint density at radius 2 is 1.75 bits per heavy atom. The van der Waals surface area contributed by atoms with Gasteiger partial charge in [0.05, 0.1) is 6.17 Å². The third-order valence-corrected chi connectivity index (χ3v) is 6.44. The lowest BCUT2D eigenvalue weighted by atomic mass is 9.99. The number of hydrogen-bond acceptors (Lipinski definition) is 4. The molecular weight excluding hydrogens is 306 g/mol. The summed E-state index contributed by atoms with van der Waals surface area (Å²) >= 11 is 0. The molecule has 1 aromatic rings. The molecule has 10 heteroatoms. The largest absolute Gasteiger partial charge is 0.354 e. The van der Waals surface area contributed by atoms with Crippen LogP contribution < -0.4 is 10.6 Å². The molecule has 0 amide bonds. The molecule has 0 aromatic heterocycles. The van der Waals surface area contributed by atoms with E-state index in [0.717, 1.165) is 17.5 Å². The van der Waals surface area contributed by atoms with E-state index < -0.39 is 26.9 Å². The molecule has 0 bridgehead atoms. The molecule has 20 heavy (non-hydrogen) atoms. The van der Waals surface area contributed by atoms with Crippen LogP contribution in [0.4, 0.5) is 0 Å². The van der Waals surface area contributed by atoms with Crippen LogP contribution in [0.5, 0.6) is 0 Å². The summed E-state index contributed by atoms with van der Waals surface area (Å²) in [6.07, 6.45) is 0.0235. The average Bonchev–Trinajstić information content (AvgIpc) is 2.33. The quantitative estimate of drug-likeness (QED) is 0.428. The van der Waals surface area contributed by atoms with Crippen molar-refractivity contribution in [2.75, 3.05) is 6.54 Å². The molecule has 1 atom stereocenters. The van der Waals surface area contributed by atoms with Crippen LogP contribution in [0.2, 0.25) is 0 Å². The molecule has 1 unspecified atom stereocenters. The van der Waals surface area contributed by atoms with E-state index in [-0.39, 0.29) is 0 Å². The molecule has 1 aromatic carbocycles. The van der Waals surface area contributed by atoms with Crippen molar-refractivity contribution in [1.82, 2.24) is 10.6 Å². The number of hydrogen-bond donors (Lipinski definition) is 6. The number of nitrogens with one attached hydrogen (secondary N) is 2. The topological polar surface area (TPSA) is 139 Å². The van der Waals surface area contributed by atoms with Crippen LogP contribution in [0.25, 0.3) is 0 Å². The van der Waals surface area contributed by atoms with Crippen molar-refractivity contribution in [1.29, 1.82) is 0 Å². The smallest absolute Gasteiger partial charge is 0.323 e. The third-order valence-electron chi connectivity index (χ3n) is 3.06. The van der Waals surface area contributed by atoms with Gasteiger partial charge < -0.3 is 19.6 Å². The van der Waals surface area contributed by atoms with Crippen molar-refractivity contribution in [2.24, 2.45) is 0 Å². The Balaban J connectivity index is 2.30. The van der Waals surface area contributed by atoms with E-state index in [2.05, 4.69) is 10.6 Å². The van der Waals surface area contributed by atoms with Gasteiger partial charge in [0.25, 0.3) is 0 Å². The van der Waals surface area contributed by atoms with Crippen molar-refractivity contribution < 1.29 is 28.7 Å². The highest BCUT2D eigenvalue weighted by atomic mass is 31.2. The zero-order valence-corrected chi connectivity index (χ0v) is 12.2. The lowest BCUT2D eigenvalue weighted by Gasteiger charge is -2.31. The third kappa shape index (κ3) is 3.55. The minimum atomic E-state index is -4.99. The van der Waals surface area contributed by atoms with Crippen LogP contribution in [-0.2, 0) is 15.6 Å². The maximum absolute atomic E-state index is 11.3. The van der Waals surface area contributed by atoms with E-state index in [4.69, 9.17) is 19.6 Å². The fourth-order valence-corrected chi connectivity index (χ4v) is 4.45. The van der Waals surface area contributed by atoms with Gasteiger partial charge >= 0.3 is 15.2 Å². The van der Waals surface area contributed by atoms with Crippen LogP contribution in [-0.4, -0.2) is 31.6 Å². The van der Waals surface area contributed by atoms with Gasteiger partial charge in [0.15, 0.2) is 0 Å². The van der Waals surface area contributed by atoms with Crippen LogP contribution in [0, 0.1) is 0 Å². The summed E-state index contributed by atoms with van der Waals surface area (Å²) in [5, 5.41) is 5.31. The maximum Gasteiger partial charge on any atom is 0.354 e. The van der Waals surface area contributed by atoms with Crippen LogP contribution in [0.1, 0.15) is 17.3 Å². The van der Waals surface area contributed by atoms with Gasteiger partial charge in [0.2, 0.25) is 5.52 Å². The van der Waals surface area contributed by atoms with E-state index in [1.807, 2.05) is 12.1 Å². The minimum absolute atomic E-state index is 0.545. The van der Waals surface area contributed by atoms with Gasteiger partial charge in [-0.2, -0.15) is 0 Å². The van der Waals surface area contributed by atoms with E-state index in [1.165, 1.54) is 0 Å². The number of benzene rings is 1. The predicted molar refractivity (Wildman–Crippen MR) is 71.9 cm³/mol. The summed E-state index contributed by atoms with van der Waals surface area (Å²) < 4.78 is 22.6. The summed E-state index contributed by atoms with van der Waals surface area (Å²) in [4.78, 5) is 36.5. The molecule has 6 N–H and O–H groups in total. The average molecular weight is 322 g/mol. The second-order valence-electron chi connectivity index (χ2n) is 4.55. The molecule has 0 radical (unpaired) electrons. The molecule has 8 nitrogen and oxygen atoms in total.